The Bertz CT molecular complexity index is 366. The second kappa shape index (κ2) is 6.06. The molecule has 0 aromatic heterocycles. The van der Waals surface area contributed by atoms with Gasteiger partial charge in [0.15, 0.2) is 0 Å². The van der Waals surface area contributed by atoms with Gasteiger partial charge < -0.3 is 0 Å². The van der Waals surface area contributed by atoms with Gasteiger partial charge in [0.1, 0.15) is 5.78 Å². The number of rotatable bonds is 4. The van der Waals surface area contributed by atoms with E-state index in [1.54, 1.807) is 18.7 Å². The van der Waals surface area contributed by atoms with Gasteiger partial charge >= 0.3 is 0 Å². The van der Waals surface area contributed by atoms with E-state index in [0.717, 1.165) is 16.5 Å². The van der Waals surface area contributed by atoms with Crippen molar-refractivity contribution in [3.05, 3.63) is 29.3 Å². The van der Waals surface area contributed by atoms with E-state index >= 15 is 0 Å². The third-order valence-electron chi connectivity index (χ3n) is 2.13. The Kier molecular flexibility index (Phi) is 5.36. The second-order valence-corrected chi connectivity index (χ2v) is 5.53. The third kappa shape index (κ3) is 3.33. The Labute approximate surface area is 111 Å². The molecule has 0 fully saturated rings. The number of hydrogen-bond acceptors (Lipinski definition) is 2. The maximum absolute atomic E-state index is 11.3. The van der Waals surface area contributed by atoms with Gasteiger partial charge in [-0.05, 0) is 36.4 Å². The summed E-state index contributed by atoms with van der Waals surface area (Å²) in [5.41, 5.74) is 2.22. The summed E-state index contributed by atoms with van der Waals surface area (Å²) >= 11 is 8.54. The number of benzene rings is 1. The summed E-state index contributed by atoms with van der Waals surface area (Å²) in [6, 6.07) is 6.21. The van der Waals surface area contributed by atoms with Crippen molar-refractivity contribution in [3.8, 4) is 0 Å². The number of hydrogen-bond donors (Lipinski definition) is 0. The molecular weight excluding hydrogens is 340 g/mol. The molecule has 0 saturated carbocycles. The standard InChI is InChI=1S/C11H12Br2OS/c1-7(14)11(13)10-5-9(15-2)4-3-8(10)6-12/h3-5,11H,6H2,1-2H3. The topological polar surface area (TPSA) is 17.1 Å². The Balaban J connectivity index is 3.16. The SMILES string of the molecule is CSc1ccc(CBr)c(C(Br)C(C)=O)c1. The van der Waals surface area contributed by atoms with Crippen LogP contribution in [0.3, 0.4) is 0 Å². The molecule has 1 aromatic carbocycles. The summed E-state index contributed by atoms with van der Waals surface area (Å²) in [5.74, 6) is 0.135. The molecule has 0 radical (unpaired) electrons. The lowest BCUT2D eigenvalue weighted by Gasteiger charge is -2.12. The van der Waals surface area contributed by atoms with Gasteiger partial charge in [0.05, 0.1) is 4.83 Å². The van der Waals surface area contributed by atoms with Gasteiger partial charge in [-0.1, -0.05) is 37.9 Å². The number of carbonyl (C=O) groups is 1. The van der Waals surface area contributed by atoms with Gasteiger partial charge in [-0.25, -0.2) is 0 Å². The fourth-order valence-electron chi connectivity index (χ4n) is 1.28. The highest BCUT2D eigenvalue weighted by Crippen LogP contribution is 2.31. The van der Waals surface area contributed by atoms with Gasteiger partial charge in [-0.15, -0.1) is 11.8 Å². The minimum Gasteiger partial charge on any atom is -0.298 e. The Morgan fingerprint density at radius 2 is 2.20 bits per heavy atom. The first-order chi connectivity index (χ1) is 7.10. The predicted octanol–water partition coefficient (Wildman–Crippen LogP) is 4.33. The van der Waals surface area contributed by atoms with Crippen LogP contribution in [-0.2, 0) is 10.1 Å². The highest BCUT2D eigenvalue weighted by Gasteiger charge is 2.16. The number of ketones is 1. The van der Waals surface area contributed by atoms with Crippen LogP contribution in [0.4, 0.5) is 0 Å². The molecule has 0 bridgehead atoms. The molecule has 1 rings (SSSR count). The lowest BCUT2D eigenvalue weighted by molar-refractivity contribution is -0.116. The number of thioether (sulfide) groups is 1. The molecule has 0 heterocycles. The zero-order chi connectivity index (χ0) is 11.4. The van der Waals surface area contributed by atoms with Crippen LogP contribution in [0.25, 0.3) is 0 Å². The van der Waals surface area contributed by atoms with Gasteiger partial charge in [0.2, 0.25) is 0 Å². The molecule has 1 aromatic rings. The first-order valence-corrected chi connectivity index (χ1v) is 7.73. The van der Waals surface area contributed by atoms with Gasteiger partial charge in [0, 0.05) is 10.2 Å². The second-order valence-electron chi connectivity index (χ2n) is 3.17. The Morgan fingerprint density at radius 1 is 1.53 bits per heavy atom. The molecular formula is C11H12Br2OS. The normalized spacial score (nSPS) is 12.5. The van der Waals surface area contributed by atoms with Crippen molar-refractivity contribution in [2.24, 2.45) is 0 Å². The average molecular weight is 352 g/mol. The lowest BCUT2D eigenvalue weighted by Crippen LogP contribution is -2.04. The third-order valence-corrected chi connectivity index (χ3v) is 4.59. The van der Waals surface area contributed by atoms with Crippen molar-refractivity contribution >= 4 is 49.4 Å². The van der Waals surface area contributed by atoms with Gasteiger partial charge in [0.25, 0.3) is 0 Å². The van der Waals surface area contributed by atoms with Crippen LogP contribution < -0.4 is 0 Å². The fraction of sp³-hybridized carbons (Fsp3) is 0.364. The fourth-order valence-corrected chi connectivity index (χ4v) is 2.66. The van der Waals surface area contributed by atoms with Crippen molar-refractivity contribution < 1.29 is 4.79 Å². The summed E-state index contributed by atoms with van der Waals surface area (Å²) in [7, 11) is 0. The van der Waals surface area contributed by atoms with E-state index in [-0.39, 0.29) is 10.6 Å². The van der Waals surface area contributed by atoms with Crippen molar-refractivity contribution in [1.29, 1.82) is 0 Å². The summed E-state index contributed by atoms with van der Waals surface area (Å²) in [4.78, 5) is 12.3. The summed E-state index contributed by atoms with van der Waals surface area (Å²) < 4.78 is 0. The van der Waals surface area contributed by atoms with E-state index in [1.807, 2.05) is 6.26 Å². The van der Waals surface area contributed by atoms with Gasteiger partial charge in [-0.2, -0.15) is 0 Å². The maximum atomic E-state index is 11.3. The van der Waals surface area contributed by atoms with Crippen LogP contribution in [0.1, 0.15) is 22.9 Å². The van der Waals surface area contributed by atoms with E-state index in [4.69, 9.17) is 0 Å². The lowest BCUT2D eigenvalue weighted by atomic mass is 10.0. The molecule has 82 valence electrons. The maximum Gasteiger partial charge on any atom is 0.147 e. The highest BCUT2D eigenvalue weighted by atomic mass is 79.9. The summed E-state index contributed by atoms with van der Waals surface area (Å²) in [6.45, 7) is 1.60. The number of halogens is 2. The van der Waals surface area contributed by atoms with Crippen LogP contribution in [0, 0.1) is 0 Å². The first kappa shape index (κ1) is 13.3. The molecule has 0 aliphatic heterocycles. The van der Waals surface area contributed by atoms with E-state index in [0.29, 0.717) is 0 Å². The molecule has 0 N–H and O–H groups in total. The first-order valence-electron chi connectivity index (χ1n) is 4.47. The van der Waals surface area contributed by atoms with Crippen LogP contribution in [0.15, 0.2) is 23.1 Å². The molecule has 0 aliphatic rings. The Hall–Kier alpha value is 0.200. The quantitative estimate of drug-likeness (QED) is 0.593. The van der Waals surface area contributed by atoms with Crippen LogP contribution in [0.5, 0.6) is 0 Å². The Morgan fingerprint density at radius 3 is 2.67 bits per heavy atom. The zero-order valence-electron chi connectivity index (χ0n) is 8.59. The molecule has 0 amide bonds. The smallest absolute Gasteiger partial charge is 0.147 e. The largest absolute Gasteiger partial charge is 0.298 e. The molecule has 15 heavy (non-hydrogen) atoms. The average Bonchev–Trinajstić information content (AvgIpc) is 2.27. The van der Waals surface area contributed by atoms with Crippen molar-refractivity contribution in [2.45, 2.75) is 22.0 Å². The number of alkyl halides is 2. The summed E-state index contributed by atoms with van der Waals surface area (Å²) in [6.07, 6.45) is 2.03. The molecule has 4 heteroatoms. The highest BCUT2D eigenvalue weighted by molar-refractivity contribution is 9.09. The van der Waals surface area contributed by atoms with E-state index < -0.39 is 0 Å². The van der Waals surface area contributed by atoms with E-state index in [1.165, 1.54) is 4.90 Å². The number of Topliss-reactive ketones (excluding diaryl/α,β-unsaturated/α-hetero) is 1. The number of carbonyl (C=O) groups excluding carboxylic acids is 1. The van der Waals surface area contributed by atoms with Crippen molar-refractivity contribution in [1.82, 2.24) is 0 Å². The van der Waals surface area contributed by atoms with Crippen LogP contribution in [0.2, 0.25) is 0 Å². The molecule has 0 spiro atoms. The van der Waals surface area contributed by atoms with Gasteiger partial charge in [-0.3, -0.25) is 4.79 Å². The van der Waals surface area contributed by atoms with Crippen molar-refractivity contribution in [2.75, 3.05) is 6.26 Å². The monoisotopic (exact) mass is 350 g/mol. The van der Waals surface area contributed by atoms with Crippen molar-refractivity contribution in [3.63, 3.8) is 0 Å². The minimum absolute atomic E-state index is 0.135. The molecule has 1 nitrogen and oxygen atoms in total. The zero-order valence-corrected chi connectivity index (χ0v) is 12.6. The molecule has 0 saturated heterocycles. The molecule has 1 unspecified atom stereocenters. The van der Waals surface area contributed by atoms with Crippen LogP contribution in [-0.4, -0.2) is 12.0 Å². The van der Waals surface area contributed by atoms with E-state index in [2.05, 4.69) is 50.1 Å². The molecule has 1 atom stereocenters. The van der Waals surface area contributed by atoms with E-state index in [9.17, 15) is 4.79 Å². The minimum atomic E-state index is -0.197. The summed E-state index contributed by atoms with van der Waals surface area (Å²) in [5, 5.41) is 0.770. The molecule has 0 aliphatic carbocycles. The predicted molar refractivity (Wildman–Crippen MR) is 73.2 cm³/mol. The van der Waals surface area contributed by atoms with Crippen LogP contribution >= 0.6 is 43.6 Å².